The van der Waals surface area contributed by atoms with Crippen LogP contribution < -0.4 is 0 Å². The minimum absolute atomic E-state index is 0.175. The third-order valence-electron chi connectivity index (χ3n) is 3.52. The van der Waals surface area contributed by atoms with Gasteiger partial charge in [0, 0.05) is 9.75 Å². The zero-order valence-electron chi connectivity index (χ0n) is 13.0. The second kappa shape index (κ2) is 5.71. The zero-order chi connectivity index (χ0) is 14.9. The highest BCUT2D eigenvalue weighted by atomic mass is 32.1. The maximum absolute atomic E-state index is 10.4. The summed E-state index contributed by atoms with van der Waals surface area (Å²) < 4.78 is 0. The lowest BCUT2D eigenvalue weighted by atomic mass is 9.93. The smallest absolute Gasteiger partial charge is 0.0819 e. The van der Waals surface area contributed by atoms with Crippen LogP contribution >= 0.6 is 11.3 Å². The van der Waals surface area contributed by atoms with Gasteiger partial charge in [-0.3, -0.25) is 0 Å². The number of benzene rings is 1. The van der Waals surface area contributed by atoms with Crippen molar-refractivity contribution in [1.82, 2.24) is 0 Å². The van der Waals surface area contributed by atoms with Crippen LogP contribution in [0.25, 0.3) is 10.4 Å². The van der Waals surface area contributed by atoms with E-state index in [9.17, 15) is 5.11 Å². The summed E-state index contributed by atoms with van der Waals surface area (Å²) in [6.45, 7) is 10.8. The highest BCUT2D eigenvalue weighted by Crippen LogP contribution is 2.38. The monoisotopic (exact) mass is 288 g/mol. The van der Waals surface area contributed by atoms with Gasteiger partial charge in [0.2, 0.25) is 0 Å². The largest absolute Gasteiger partial charge is 0.388 e. The van der Waals surface area contributed by atoms with Gasteiger partial charge in [0.05, 0.1) is 6.10 Å². The normalized spacial score (nSPS) is 13.8. The molecule has 0 spiro atoms. The summed E-state index contributed by atoms with van der Waals surface area (Å²) in [5, 5.41) is 10.4. The predicted molar refractivity (Wildman–Crippen MR) is 88.3 cm³/mol. The van der Waals surface area contributed by atoms with Gasteiger partial charge in [-0.05, 0) is 34.6 Å². The summed E-state index contributed by atoms with van der Waals surface area (Å²) in [7, 11) is 0. The number of hydrogen-bond donors (Lipinski definition) is 1. The fraction of sp³-hybridized carbons (Fsp3) is 0.444. The fourth-order valence-electron chi connectivity index (χ4n) is 2.22. The van der Waals surface area contributed by atoms with Crippen LogP contribution in [-0.2, 0) is 5.41 Å². The molecular weight excluding hydrogens is 264 g/mol. The highest BCUT2D eigenvalue weighted by Gasteiger charge is 2.20. The molecule has 1 aromatic heterocycles. The van der Waals surface area contributed by atoms with Crippen LogP contribution in [0, 0.1) is 5.92 Å². The Balaban J connectivity index is 2.46. The van der Waals surface area contributed by atoms with Gasteiger partial charge in [0.1, 0.15) is 0 Å². The van der Waals surface area contributed by atoms with Gasteiger partial charge in [0.15, 0.2) is 0 Å². The molecule has 0 bridgehead atoms. The molecule has 108 valence electrons. The molecule has 2 aromatic rings. The van der Waals surface area contributed by atoms with Crippen LogP contribution in [0.2, 0.25) is 0 Å². The van der Waals surface area contributed by atoms with E-state index >= 15 is 0 Å². The van der Waals surface area contributed by atoms with E-state index in [-0.39, 0.29) is 11.3 Å². The van der Waals surface area contributed by atoms with Crippen molar-refractivity contribution < 1.29 is 5.11 Å². The molecule has 2 rings (SSSR count). The van der Waals surface area contributed by atoms with E-state index in [2.05, 4.69) is 52.8 Å². The number of rotatable bonds is 3. The Morgan fingerprint density at radius 3 is 2.20 bits per heavy atom. The van der Waals surface area contributed by atoms with E-state index in [1.54, 1.807) is 0 Å². The van der Waals surface area contributed by atoms with Gasteiger partial charge in [0.25, 0.3) is 0 Å². The van der Waals surface area contributed by atoms with Gasteiger partial charge in [-0.1, -0.05) is 58.9 Å². The van der Waals surface area contributed by atoms with Crippen molar-refractivity contribution in [3.8, 4) is 10.4 Å². The Kier molecular flexibility index (Phi) is 4.36. The van der Waals surface area contributed by atoms with Crippen molar-refractivity contribution in [2.24, 2.45) is 5.92 Å². The standard InChI is InChI=1S/C18H24OS/c1-12(2)17(19)14-9-7-6-8-13(14)15-10-11-16(20-15)18(3,4)5/h6-12,17,19H,1-5H3. The second-order valence-corrected chi connectivity index (χ2v) is 7.77. The summed E-state index contributed by atoms with van der Waals surface area (Å²) >= 11 is 1.83. The van der Waals surface area contributed by atoms with Gasteiger partial charge in [-0.2, -0.15) is 0 Å². The third-order valence-corrected chi connectivity index (χ3v) is 5.07. The van der Waals surface area contributed by atoms with E-state index in [1.165, 1.54) is 9.75 Å². The molecule has 0 fully saturated rings. The number of thiophene rings is 1. The SMILES string of the molecule is CC(C)C(O)c1ccccc1-c1ccc(C(C)(C)C)s1. The molecule has 20 heavy (non-hydrogen) atoms. The first kappa shape index (κ1) is 15.3. The Morgan fingerprint density at radius 1 is 1.00 bits per heavy atom. The second-order valence-electron chi connectivity index (χ2n) is 6.69. The number of hydrogen-bond acceptors (Lipinski definition) is 2. The first-order valence-corrected chi connectivity index (χ1v) is 8.00. The first-order valence-electron chi connectivity index (χ1n) is 7.18. The summed E-state index contributed by atoms with van der Waals surface area (Å²) in [6, 6.07) is 12.6. The van der Waals surface area contributed by atoms with E-state index < -0.39 is 6.10 Å². The van der Waals surface area contributed by atoms with E-state index in [4.69, 9.17) is 0 Å². The molecule has 0 aliphatic heterocycles. The van der Waals surface area contributed by atoms with Crippen molar-refractivity contribution in [2.75, 3.05) is 0 Å². The van der Waals surface area contributed by atoms with Crippen LogP contribution in [-0.4, -0.2) is 5.11 Å². The van der Waals surface area contributed by atoms with Gasteiger partial charge in [-0.15, -0.1) is 11.3 Å². The van der Waals surface area contributed by atoms with Crippen LogP contribution in [0.3, 0.4) is 0 Å². The van der Waals surface area contributed by atoms with Crippen molar-refractivity contribution in [3.63, 3.8) is 0 Å². The van der Waals surface area contributed by atoms with Crippen molar-refractivity contribution in [1.29, 1.82) is 0 Å². The molecular formula is C18H24OS. The molecule has 1 atom stereocenters. The minimum Gasteiger partial charge on any atom is -0.388 e. The topological polar surface area (TPSA) is 20.2 Å². The third kappa shape index (κ3) is 3.13. The molecule has 1 unspecified atom stereocenters. The molecule has 0 radical (unpaired) electrons. The molecule has 0 saturated carbocycles. The lowest BCUT2D eigenvalue weighted by molar-refractivity contribution is 0.127. The lowest BCUT2D eigenvalue weighted by Gasteiger charge is -2.18. The van der Waals surface area contributed by atoms with Crippen molar-refractivity contribution in [2.45, 2.75) is 46.1 Å². The molecule has 0 aliphatic rings. The molecule has 2 heteroatoms. The Labute approximate surface area is 126 Å². The average molecular weight is 288 g/mol. The summed E-state index contributed by atoms with van der Waals surface area (Å²) in [6.07, 6.45) is -0.411. The fourth-order valence-corrected chi connectivity index (χ4v) is 3.34. The average Bonchev–Trinajstić information content (AvgIpc) is 2.87. The minimum atomic E-state index is -0.411. The summed E-state index contributed by atoms with van der Waals surface area (Å²) in [5.41, 5.74) is 2.37. The molecule has 0 amide bonds. The van der Waals surface area contributed by atoms with E-state index in [0.717, 1.165) is 11.1 Å². The zero-order valence-corrected chi connectivity index (χ0v) is 13.8. The van der Waals surface area contributed by atoms with Crippen LogP contribution in [0.15, 0.2) is 36.4 Å². The van der Waals surface area contributed by atoms with Crippen molar-refractivity contribution >= 4 is 11.3 Å². The van der Waals surface area contributed by atoms with Gasteiger partial charge >= 0.3 is 0 Å². The first-order chi connectivity index (χ1) is 9.30. The Hall–Kier alpha value is -1.12. The Morgan fingerprint density at radius 2 is 1.65 bits per heavy atom. The number of aliphatic hydroxyl groups excluding tert-OH is 1. The van der Waals surface area contributed by atoms with Crippen LogP contribution in [0.5, 0.6) is 0 Å². The molecule has 1 nitrogen and oxygen atoms in total. The maximum atomic E-state index is 10.4. The highest BCUT2D eigenvalue weighted by molar-refractivity contribution is 7.15. The molecule has 1 aromatic carbocycles. The number of aliphatic hydroxyl groups is 1. The van der Waals surface area contributed by atoms with Crippen molar-refractivity contribution in [3.05, 3.63) is 46.8 Å². The Bertz CT molecular complexity index is 575. The molecule has 0 saturated heterocycles. The summed E-state index contributed by atoms with van der Waals surface area (Å²) in [4.78, 5) is 2.62. The van der Waals surface area contributed by atoms with E-state index in [0.29, 0.717) is 0 Å². The van der Waals surface area contributed by atoms with Gasteiger partial charge < -0.3 is 5.11 Å². The lowest BCUT2D eigenvalue weighted by Crippen LogP contribution is -2.08. The predicted octanol–water partition coefficient (Wildman–Crippen LogP) is 5.40. The van der Waals surface area contributed by atoms with E-state index in [1.807, 2.05) is 29.5 Å². The van der Waals surface area contributed by atoms with Crippen LogP contribution in [0.4, 0.5) is 0 Å². The summed E-state index contributed by atoms with van der Waals surface area (Å²) in [5.74, 6) is 0.221. The molecule has 1 heterocycles. The van der Waals surface area contributed by atoms with Gasteiger partial charge in [-0.25, -0.2) is 0 Å². The maximum Gasteiger partial charge on any atom is 0.0819 e. The van der Waals surface area contributed by atoms with Crippen LogP contribution in [0.1, 0.15) is 51.2 Å². The molecule has 0 aliphatic carbocycles. The quantitative estimate of drug-likeness (QED) is 0.801. The molecule has 1 N–H and O–H groups in total.